The van der Waals surface area contributed by atoms with E-state index in [4.69, 9.17) is 0 Å². The first-order valence-electron chi connectivity index (χ1n) is 6.76. The van der Waals surface area contributed by atoms with Gasteiger partial charge in [-0.05, 0) is 33.7 Å². The summed E-state index contributed by atoms with van der Waals surface area (Å²) in [6.45, 7) is 8.03. The number of nitrogens with one attached hydrogen (secondary N) is 1. The minimum Gasteiger partial charge on any atom is -0.316 e. The third-order valence-electron chi connectivity index (χ3n) is 3.26. The van der Waals surface area contributed by atoms with Crippen LogP contribution in [0.3, 0.4) is 0 Å². The van der Waals surface area contributed by atoms with Crippen molar-refractivity contribution in [2.45, 2.75) is 46.7 Å². The van der Waals surface area contributed by atoms with E-state index in [0.717, 1.165) is 37.3 Å². The molecule has 0 aliphatic rings. The van der Waals surface area contributed by atoms with Gasteiger partial charge in [0.05, 0.1) is 22.9 Å². The zero-order chi connectivity index (χ0) is 13.8. The third-order valence-corrected chi connectivity index (χ3v) is 4.22. The average molecular weight is 278 g/mol. The highest BCUT2D eigenvalue weighted by molar-refractivity contribution is 7.09. The molecule has 0 aliphatic heterocycles. The Balaban J connectivity index is 2.16. The molecule has 0 fully saturated rings. The second-order valence-electron chi connectivity index (χ2n) is 4.82. The van der Waals surface area contributed by atoms with Crippen molar-refractivity contribution in [3.63, 3.8) is 0 Å². The van der Waals surface area contributed by atoms with Gasteiger partial charge in [0.15, 0.2) is 0 Å². The van der Waals surface area contributed by atoms with E-state index in [-0.39, 0.29) is 0 Å². The van der Waals surface area contributed by atoms with Crippen LogP contribution in [0.4, 0.5) is 0 Å². The van der Waals surface area contributed by atoms with Gasteiger partial charge in [-0.3, -0.25) is 4.68 Å². The smallest absolute Gasteiger partial charge is 0.0928 e. The average Bonchev–Trinajstić information content (AvgIpc) is 2.91. The second-order valence-corrected chi connectivity index (χ2v) is 5.76. The Hall–Kier alpha value is -1.20. The quantitative estimate of drug-likeness (QED) is 0.883. The Morgan fingerprint density at radius 1 is 1.37 bits per heavy atom. The van der Waals surface area contributed by atoms with Crippen LogP contribution in [0.2, 0.25) is 0 Å². The van der Waals surface area contributed by atoms with Gasteiger partial charge in [0.1, 0.15) is 0 Å². The molecule has 5 heteroatoms. The summed E-state index contributed by atoms with van der Waals surface area (Å²) >= 11 is 1.76. The normalized spacial score (nSPS) is 11.2. The highest BCUT2D eigenvalue weighted by atomic mass is 32.1. The molecule has 0 spiro atoms. The fourth-order valence-electron chi connectivity index (χ4n) is 2.22. The van der Waals surface area contributed by atoms with E-state index >= 15 is 0 Å². The van der Waals surface area contributed by atoms with Gasteiger partial charge in [-0.25, -0.2) is 4.98 Å². The number of thiazole rings is 1. The zero-order valence-electron chi connectivity index (χ0n) is 12.2. The molecule has 19 heavy (non-hydrogen) atoms. The highest BCUT2D eigenvalue weighted by Gasteiger charge is 2.12. The predicted molar refractivity (Wildman–Crippen MR) is 79.7 cm³/mol. The molecule has 0 unspecified atom stereocenters. The predicted octanol–water partition coefficient (Wildman–Crippen LogP) is 2.68. The van der Waals surface area contributed by atoms with Gasteiger partial charge < -0.3 is 5.32 Å². The summed E-state index contributed by atoms with van der Waals surface area (Å²) in [5, 5.41) is 11.2. The van der Waals surface area contributed by atoms with Crippen molar-refractivity contribution in [2.24, 2.45) is 0 Å². The van der Waals surface area contributed by atoms with Gasteiger partial charge in [-0.2, -0.15) is 5.10 Å². The van der Waals surface area contributed by atoms with E-state index in [9.17, 15) is 0 Å². The largest absolute Gasteiger partial charge is 0.316 e. The fraction of sp³-hybridized carbons (Fsp3) is 0.571. The molecule has 0 amide bonds. The van der Waals surface area contributed by atoms with Gasteiger partial charge in [-0.1, -0.05) is 6.92 Å². The molecule has 104 valence electrons. The molecule has 0 saturated heterocycles. The molecule has 0 atom stereocenters. The summed E-state index contributed by atoms with van der Waals surface area (Å²) in [7, 11) is 1.97. The monoisotopic (exact) mass is 278 g/mol. The zero-order valence-corrected chi connectivity index (χ0v) is 13.0. The van der Waals surface area contributed by atoms with Crippen molar-refractivity contribution in [3.8, 4) is 0 Å². The molecule has 0 aliphatic carbocycles. The summed E-state index contributed by atoms with van der Waals surface area (Å²) in [6.07, 6.45) is 2.23. The molecule has 2 aromatic rings. The van der Waals surface area contributed by atoms with Gasteiger partial charge in [0, 0.05) is 23.2 Å². The lowest BCUT2D eigenvalue weighted by atomic mass is 10.2. The van der Waals surface area contributed by atoms with Crippen LogP contribution < -0.4 is 5.32 Å². The molecule has 2 rings (SSSR count). The van der Waals surface area contributed by atoms with Crippen LogP contribution in [0.25, 0.3) is 0 Å². The van der Waals surface area contributed by atoms with Gasteiger partial charge in [0.2, 0.25) is 0 Å². The standard InChI is InChI=1S/C14H22N4S/c1-5-6-14-16-12(9-19-14)8-18-11(3)13(7-15-4)10(2)17-18/h9,15H,5-8H2,1-4H3. The Bertz CT molecular complexity index is 542. The van der Waals surface area contributed by atoms with Gasteiger partial charge in [0.25, 0.3) is 0 Å². The first kappa shape index (κ1) is 14.2. The lowest BCUT2D eigenvalue weighted by Gasteiger charge is -2.03. The lowest BCUT2D eigenvalue weighted by Crippen LogP contribution is -2.08. The number of aromatic nitrogens is 3. The van der Waals surface area contributed by atoms with E-state index in [1.165, 1.54) is 16.3 Å². The van der Waals surface area contributed by atoms with E-state index in [2.05, 4.69) is 46.2 Å². The van der Waals surface area contributed by atoms with Gasteiger partial charge >= 0.3 is 0 Å². The lowest BCUT2D eigenvalue weighted by molar-refractivity contribution is 0.645. The molecule has 0 aromatic carbocycles. The SMILES string of the molecule is CCCc1nc(Cn2nc(C)c(CNC)c2C)cs1. The molecule has 1 N–H and O–H groups in total. The summed E-state index contributed by atoms with van der Waals surface area (Å²) in [5.41, 5.74) is 4.76. The molecule has 2 heterocycles. The first-order chi connectivity index (χ1) is 9.15. The maximum absolute atomic E-state index is 4.66. The summed E-state index contributed by atoms with van der Waals surface area (Å²) in [6, 6.07) is 0. The van der Waals surface area contributed by atoms with Gasteiger partial charge in [-0.15, -0.1) is 11.3 Å². The Morgan fingerprint density at radius 2 is 2.16 bits per heavy atom. The number of hydrogen-bond acceptors (Lipinski definition) is 4. The fourth-order valence-corrected chi connectivity index (χ4v) is 3.12. The number of aryl methyl sites for hydroxylation is 2. The molecule has 0 saturated carbocycles. The van der Waals surface area contributed by atoms with Crippen LogP contribution in [0.5, 0.6) is 0 Å². The summed E-state index contributed by atoms with van der Waals surface area (Å²) in [5.74, 6) is 0. The maximum atomic E-state index is 4.66. The van der Waals surface area contributed by atoms with Crippen molar-refractivity contribution in [1.82, 2.24) is 20.1 Å². The van der Waals surface area contributed by atoms with E-state index in [0.29, 0.717) is 0 Å². The Kier molecular flexibility index (Phi) is 4.71. The molecular weight excluding hydrogens is 256 g/mol. The van der Waals surface area contributed by atoms with Crippen LogP contribution in [-0.4, -0.2) is 21.8 Å². The number of rotatable bonds is 6. The minimum atomic E-state index is 0.774. The van der Waals surface area contributed by atoms with Crippen molar-refractivity contribution in [1.29, 1.82) is 0 Å². The van der Waals surface area contributed by atoms with E-state index in [1.54, 1.807) is 11.3 Å². The molecule has 2 aromatic heterocycles. The molecule has 0 bridgehead atoms. The van der Waals surface area contributed by atoms with E-state index < -0.39 is 0 Å². The summed E-state index contributed by atoms with van der Waals surface area (Å²) < 4.78 is 2.06. The van der Waals surface area contributed by atoms with Crippen molar-refractivity contribution in [2.75, 3.05) is 7.05 Å². The maximum Gasteiger partial charge on any atom is 0.0928 e. The topological polar surface area (TPSA) is 42.7 Å². The minimum absolute atomic E-state index is 0.774. The van der Waals surface area contributed by atoms with Crippen LogP contribution in [0.1, 0.15) is 41.0 Å². The molecular formula is C14H22N4S. The van der Waals surface area contributed by atoms with Crippen LogP contribution in [0, 0.1) is 13.8 Å². The third kappa shape index (κ3) is 3.22. The van der Waals surface area contributed by atoms with Crippen LogP contribution in [0.15, 0.2) is 5.38 Å². The van der Waals surface area contributed by atoms with Crippen LogP contribution >= 0.6 is 11.3 Å². The van der Waals surface area contributed by atoms with Crippen molar-refractivity contribution in [3.05, 3.63) is 33.0 Å². The number of nitrogens with zero attached hydrogens (tertiary/aromatic N) is 3. The van der Waals surface area contributed by atoms with Crippen LogP contribution in [-0.2, 0) is 19.5 Å². The van der Waals surface area contributed by atoms with Crippen molar-refractivity contribution >= 4 is 11.3 Å². The van der Waals surface area contributed by atoms with Crippen molar-refractivity contribution < 1.29 is 0 Å². The molecule has 0 radical (unpaired) electrons. The van der Waals surface area contributed by atoms with E-state index in [1.807, 2.05) is 7.05 Å². The highest BCUT2D eigenvalue weighted by Crippen LogP contribution is 2.16. The summed E-state index contributed by atoms with van der Waals surface area (Å²) in [4.78, 5) is 4.66. The Labute approximate surface area is 118 Å². The Morgan fingerprint density at radius 3 is 2.84 bits per heavy atom. The molecule has 4 nitrogen and oxygen atoms in total. The second kappa shape index (κ2) is 6.30. The number of hydrogen-bond donors (Lipinski definition) is 1. The first-order valence-corrected chi connectivity index (χ1v) is 7.64.